The van der Waals surface area contributed by atoms with Gasteiger partial charge in [-0.1, -0.05) is 36.7 Å². The van der Waals surface area contributed by atoms with Gasteiger partial charge in [0.2, 0.25) is 10.0 Å². The number of carbonyl (C=O) groups excluding carboxylic acids is 1. The van der Waals surface area contributed by atoms with E-state index in [1.807, 2.05) is 35.9 Å². The van der Waals surface area contributed by atoms with Crippen molar-refractivity contribution in [2.75, 3.05) is 52.9 Å². The molecular formula is C27H37ClN4O5S. The third-order valence-corrected chi connectivity index (χ3v) is 8.93. The number of nitrogens with zero attached hydrogens (tertiary/aromatic N) is 2. The Kier molecular flexibility index (Phi) is 9.20. The molecule has 1 spiro atoms. The molecule has 0 saturated carbocycles. The highest BCUT2D eigenvalue weighted by molar-refractivity contribution is 7.89. The molecule has 0 aliphatic carbocycles. The third kappa shape index (κ3) is 6.98. The number of hydrogen-bond donors (Lipinski definition) is 3. The van der Waals surface area contributed by atoms with Gasteiger partial charge in [0.25, 0.3) is 0 Å². The predicted octanol–water partition coefficient (Wildman–Crippen LogP) is 3.17. The number of amides is 2. The monoisotopic (exact) mass is 564 g/mol. The van der Waals surface area contributed by atoms with Crippen molar-refractivity contribution in [2.24, 2.45) is 5.41 Å². The molecule has 208 valence electrons. The maximum Gasteiger partial charge on any atom is 0.317 e. The van der Waals surface area contributed by atoms with Gasteiger partial charge < -0.3 is 25.0 Å². The third-order valence-electron chi connectivity index (χ3n) is 7.22. The molecule has 1 fully saturated rings. The fourth-order valence-corrected chi connectivity index (χ4v) is 6.44. The summed E-state index contributed by atoms with van der Waals surface area (Å²) >= 11 is 6.05. The minimum atomic E-state index is -3.93. The van der Waals surface area contributed by atoms with Crippen molar-refractivity contribution < 1.29 is 23.1 Å². The molecule has 0 bridgehead atoms. The Hall–Kier alpha value is -2.37. The number of rotatable bonds is 3. The van der Waals surface area contributed by atoms with Gasteiger partial charge in [0, 0.05) is 49.7 Å². The summed E-state index contributed by atoms with van der Waals surface area (Å²) < 4.78 is 35.3. The Morgan fingerprint density at radius 3 is 2.55 bits per heavy atom. The number of urea groups is 1. The van der Waals surface area contributed by atoms with Crippen molar-refractivity contribution in [3.05, 3.63) is 47.5 Å². The van der Waals surface area contributed by atoms with Gasteiger partial charge in [-0.15, -0.1) is 0 Å². The zero-order valence-corrected chi connectivity index (χ0v) is 23.5. The Balaban J connectivity index is 1.64. The second-order valence-electron chi connectivity index (χ2n) is 10.4. The summed E-state index contributed by atoms with van der Waals surface area (Å²) in [5.74, 6) is 0.255. The normalized spacial score (nSPS) is 22.0. The van der Waals surface area contributed by atoms with Gasteiger partial charge in [-0.05, 0) is 61.7 Å². The van der Waals surface area contributed by atoms with Crippen LogP contribution in [0, 0.1) is 5.41 Å². The lowest BCUT2D eigenvalue weighted by atomic mass is 9.78. The van der Waals surface area contributed by atoms with Crippen LogP contribution in [0.3, 0.4) is 0 Å². The summed E-state index contributed by atoms with van der Waals surface area (Å²) in [5.41, 5.74) is 1.37. The first-order chi connectivity index (χ1) is 18.1. The molecule has 2 aromatic rings. The number of hydrogen-bond acceptors (Lipinski definition) is 6. The Morgan fingerprint density at radius 1 is 1.18 bits per heavy atom. The number of piperidine rings is 1. The van der Waals surface area contributed by atoms with Gasteiger partial charge in [0.05, 0.1) is 12.7 Å². The number of sulfonamides is 1. The lowest BCUT2D eigenvalue weighted by Gasteiger charge is -2.44. The molecule has 2 heterocycles. The number of likely N-dealkylation sites (N-methyl/N-ethyl adjacent to an activating group) is 1. The van der Waals surface area contributed by atoms with Crippen molar-refractivity contribution >= 4 is 27.7 Å². The van der Waals surface area contributed by atoms with E-state index in [2.05, 4.69) is 10.0 Å². The lowest BCUT2D eigenvalue weighted by Crippen LogP contribution is -2.53. The molecule has 9 nitrogen and oxygen atoms in total. The van der Waals surface area contributed by atoms with Gasteiger partial charge >= 0.3 is 6.03 Å². The predicted molar refractivity (Wildman–Crippen MR) is 148 cm³/mol. The average Bonchev–Trinajstić information content (AvgIpc) is 2.89. The van der Waals surface area contributed by atoms with E-state index in [1.54, 1.807) is 30.3 Å². The van der Waals surface area contributed by atoms with Crippen LogP contribution < -0.4 is 14.8 Å². The molecule has 11 heteroatoms. The zero-order chi connectivity index (χ0) is 27.3. The van der Waals surface area contributed by atoms with Gasteiger partial charge in [-0.25, -0.2) is 17.9 Å². The maximum absolute atomic E-state index is 13.2. The van der Waals surface area contributed by atoms with Crippen LogP contribution >= 0.6 is 11.6 Å². The Labute approximate surface area is 230 Å². The number of nitrogens with one attached hydrogen (secondary N) is 2. The highest BCUT2D eigenvalue weighted by Crippen LogP contribution is 2.37. The van der Waals surface area contributed by atoms with Crippen molar-refractivity contribution in [1.29, 1.82) is 0 Å². The largest absolute Gasteiger partial charge is 0.492 e. The van der Waals surface area contributed by atoms with Crippen LogP contribution in [0.4, 0.5) is 4.79 Å². The quantitative estimate of drug-likeness (QED) is 0.528. The molecule has 2 aliphatic rings. The standard InChI is InChI=1S/C27H37ClN4O5S/c1-3-12-29-26(34)32-13-10-27(11-14-32)18-31(2)17-23(33)16-30-38(35,36)25-9-6-21(15-24(25)37-19-27)20-4-7-22(28)8-5-20/h4-9,15,23,30,33H,3,10-14,16-19H2,1-2H3,(H,29,34). The number of aliphatic hydroxyl groups excluding tert-OH is 1. The van der Waals surface area contributed by atoms with Crippen LogP contribution in [0.1, 0.15) is 26.2 Å². The number of likely N-dealkylation sites (tertiary alicyclic amines) is 1. The molecule has 1 atom stereocenters. The van der Waals surface area contributed by atoms with E-state index in [-0.39, 0.29) is 35.2 Å². The molecule has 0 aromatic heterocycles. The van der Waals surface area contributed by atoms with Crippen LogP contribution in [0.25, 0.3) is 11.1 Å². The smallest absolute Gasteiger partial charge is 0.317 e. The number of halogens is 1. The van der Waals surface area contributed by atoms with E-state index in [9.17, 15) is 18.3 Å². The van der Waals surface area contributed by atoms with Crippen molar-refractivity contribution in [3.8, 4) is 16.9 Å². The van der Waals surface area contributed by atoms with Gasteiger partial charge in [0.1, 0.15) is 10.6 Å². The molecule has 0 radical (unpaired) electrons. The van der Waals surface area contributed by atoms with Gasteiger partial charge in [-0.3, -0.25) is 0 Å². The van der Waals surface area contributed by atoms with E-state index >= 15 is 0 Å². The highest BCUT2D eigenvalue weighted by Gasteiger charge is 2.39. The minimum Gasteiger partial charge on any atom is -0.492 e. The Morgan fingerprint density at radius 2 is 1.87 bits per heavy atom. The summed E-state index contributed by atoms with van der Waals surface area (Å²) in [6, 6.07) is 12.3. The molecule has 4 rings (SSSR count). The first kappa shape index (κ1) is 28.6. The number of aliphatic hydroxyl groups is 1. The van der Waals surface area contributed by atoms with Crippen molar-refractivity contribution in [2.45, 2.75) is 37.2 Å². The van der Waals surface area contributed by atoms with Crippen molar-refractivity contribution in [3.63, 3.8) is 0 Å². The number of benzene rings is 2. The second-order valence-corrected chi connectivity index (χ2v) is 12.6. The van der Waals surface area contributed by atoms with Crippen molar-refractivity contribution in [1.82, 2.24) is 19.8 Å². The minimum absolute atomic E-state index is 0.0304. The van der Waals surface area contributed by atoms with Crippen LogP contribution in [0.2, 0.25) is 5.02 Å². The van der Waals surface area contributed by atoms with E-state index in [0.29, 0.717) is 50.6 Å². The van der Waals surface area contributed by atoms with Crippen LogP contribution in [-0.4, -0.2) is 88.4 Å². The topological polar surface area (TPSA) is 111 Å². The average molecular weight is 565 g/mol. The van der Waals surface area contributed by atoms with E-state index in [4.69, 9.17) is 16.3 Å². The van der Waals surface area contributed by atoms with E-state index < -0.39 is 16.1 Å². The zero-order valence-electron chi connectivity index (χ0n) is 22.0. The molecule has 2 amide bonds. The van der Waals surface area contributed by atoms with Gasteiger partial charge in [-0.2, -0.15) is 0 Å². The lowest BCUT2D eigenvalue weighted by molar-refractivity contribution is 0.0243. The maximum atomic E-state index is 13.2. The fourth-order valence-electron chi connectivity index (χ4n) is 5.12. The Bertz CT molecular complexity index is 1220. The molecule has 38 heavy (non-hydrogen) atoms. The molecule has 2 aromatic carbocycles. The van der Waals surface area contributed by atoms with Crippen LogP contribution in [-0.2, 0) is 10.0 Å². The molecular weight excluding hydrogens is 528 g/mol. The summed E-state index contributed by atoms with van der Waals surface area (Å²) in [7, 11) is -2.02. The summed E-state index contributed by atoms with van der Waals surface area (Å²) in [6.45, 7) is 4.94. The SMILES string of the molecule is CCCNC(=O)N1CCC2(CC1)COc1cc(-c3ccc(Cl)cc3)ccc1S(=O)(=O)NCC(O)CN(C)C2. The number of ether oxygens (including phenoxy) is 1. The highest BCUT2D eigenvalue weighted by atomic mass is 35.5. The molecule has 1 saturated heterocycles. The van der Waals surface area contributed by atoms with E-state index in [1.165, 1.54) is 0 Å². The first-order valence-corrected chi connectivity index (χ1v) is 14.9. The summed E-state index contributed by atoms with van der Waals surface area (Å²) in [4.78, 5) is 16.4. The number of fused-ring (bicyclic) bond motifs is 1. The molecule has 1 unspecified atom stereocenters. The van der Waals surface area contributed by atoms with Crippen LogP contribution in [0.5, 0.6) is 5.75 Å². The second kappa shape index (κ2) is 12.2. The molecule has 3 N–H and O–H groups in total. The number of β-amino-alcohol motifs (C(OH)–C–C–N with tert-alkyl or cyclic N) is 1. The van der Waals surface area contributed by atoms with E-state index in [0.717, 1.165) is 17.5 Å². The summed E-state index contributed by atoms with van der Waals surface area (Å²) in [6.07, 6.45) is 1.40. The van der Waals surface area contributed by atoms with Gasteiger partial charge in [0.15, 0.2) is 0 Å². The van der Waals surface area contributed by atoms with Crippen LogP contribution in [0.15, 0.2) is 47.4 Å². The molecule has 2 aliphatic heterocycles. The first-order valence-electron chi connectivity index (χ1n) is 13.0. The summed E-state index contributed by atoms with van der Waals surface area (Å²) in [5, 5.41) is 14.1. The number of carbonyl (C=O) groups is 1. The fraction of sp³-hybridized carbons (Fsp3) is 0.519.